The molecule has 0 fully saturated rings. The first-order chi connectivity index (χ1) is 15.1. The molecular formula is C28H32N2Si2. The molecule has 0 N–H and O–H groups in total. The summed E-state index contributed by atoms with van der Waals surface area (Å²) in [7, 11) is -2.94. The van der Waals surface area contributed by atoms with Crippen LogP contribution in [-0.4, -0.2) is 26.1 Å². The Hall–Kier alpha value is -2.83. The topological polar surface area (TPSA) is 25.8 Å². The molecule has 2 aromatic carbocycles. The Bertz CT molecular complexity index is 1220. The van der Waals surface area contributed by atoms with Crippen LogP contribution < -0.4 is 10.4 Å². The zero-order chi connectivity index (χ0) is 22.9. The summed E-state index contributed by atoms with van der Waals surface area (Å²) in [6.45, 7) is 14.2. The van der Waals surface area contributed by atoms with E-state index in [0.29, 0.717) is 0 Å². The molecular weight excluding hydrogens is 420 g/mol. The second-order valence-corrected chi connectivity index (χ2v) is 20.6. The van der Waals surface area contributed by atoms with Crippen molar-refractivity contribution in [2.24, 2.45) is 0 Å². The monoisotopic (exact) mass is 452 g/mol. The van der Waals surface area contributed by atoms with Gasteiger partial charge in [0.15, 0.2) is 0 Å². The lowest BCUT2D eigenvalue weighted by molar-refractivity contribution is 1.32. The largest absolute Gasteiger partial charge is 0.256 e. The van der Waals surface area contributed by atoms with Crippen LogP contribution in [0.3, 0.4) is 0 Å². The maximum atomic E-state index is 5.18. The fourth-order valence-corrected chi connectivity index (χ4v) is 6.42. The van der Waals surface area contributed by atoms with E-state index < -0.39 is 16.1 Å². The summed E-state index contributed by atoms with van der Waals surface area (Å²) in [4.78, 5) is 9.99. The molecule has 0 saturated carbocycles. The molecule has 0 spiro atoms. The zero-order valence-corrected chi connectivity index (χ0v) is 22.0. The van der Waals surface area contributed by atoms with Crippen LogP contribution in [0.4, 0.5) is 0 Å². The molecule has 0 radical (unpaired) electrons. The summed E-state index contributed by atoms with van der Waals surface area (Å²) in [6, 6.07) is 28.0. The van der Waals surface area contributed by atoms with E-state index >= 15 is 0 Å². The summed E-state index contributed by atoms with van der Waals surface area (Å²) in [5.74, 6) is 0. The Morgan fingerprint density at radius 1 is 0.562 bits per heavy atom. The predicted octanol–water partition coefficient (Wildman–Crippen LogP) is 6.57. The molecule has 4 rings (SSSR count). The normalized spacial score (nSPS) is 12.1. The van der Waals surface area contributed by atoms with E-state index in [1.165, 1.54) is 10.4 Å². The first-order valence-corrected chi connectivity index (χ1v) is 18.3. The molecule has 0 aliphatic rings. The Balaban J connectivity index is 1.81. The zero-order valence-electron chi connectivity index (χ0n) is 20.0. The van der Waals surface area contributed by atoms with Gasteiger partial charge in [0, 0.05) is 22.9 Å². The van der Waals surface area contributed by atoms with Crippen molar-refractivity contribution >= 4 is 26.5 Å². The van der Waals surface area contributed by atoms with Crippen LogP contribution in [0.15, 0.2) is 85.1 Å². The number of pyridine rings is 2. The highest BCUT2D eigenvalue weighted by Crippen LogP contribution is 2.27. The van der Waals surface area contributed by atoms with Gasteiger partial charge >= 0.3 is 0 Å². The van der Waals surface area contributed by atoms with Gasteiger partial charge in [0.2, 0.25) is 0 Å². The summed E-state index contributed by atoms with van der Waals surface area (Å²) in [5.41, 5.74) is 6.59. The van der Waals surface area contributed by atoms with Gasteiger partial charge < -0.3 is 0 Å². The van der Waals surface area contributed by atoms with E-state index in [2.05, 4.69) is 118 Å². The third kappa shape index (κ3) is 4.82. The van der Waals surface area contributed by atoms with Crippen molar-refractivity contribution in [3.8, 4) is 33.8 Å². The van der Waals surface area contributed by atoms with E-state index in [1.807, 2.05) is 6.07 Å². The number of benzene rings is 2. The highest BCUT2D eigenvalue weighted by Gasteiger charge is 2.23. The van der Waals surface area contributed by atoms with Gasteiger partial charge in [-0.15, -0.1) is 0 Å². The third-order valence-corrected chi connectivity index (χ3v) is 9.88. The van der Waals surface area contributed by atoms with Crippen LogP contribution in [0.1, 0.15) is 0 Å². The Morgan fingerprint density at radius 3 is 1.84 bits per heavy atom. The van der Waals surface area contributed by atoms with Crippen LogP contribution in [0.2, 0.25) is 39.3 Å². The van der Waals surface area contributed by atoms with Gasteiger partial charge in [-0.3, -0.25) is 4.98 Å². The average Bonchev–Trinajstić information content (AvgIpc) is 2.78. The van der Waals surface area contributed by atoms with Gasteiger partial charge in [-0.1, -0.05) is 99.9 Å². The Kier molecular flexibility index (Phi) is 6.01. The molecule has 0 saturated heterocycles. The molecule has 2 nitrogen and oxygen atoms in total. The smallest absolute Gasteiger partial charge is 0.0804 e. The Labute approximate surface area is 194 Å². The van der Waals surface area contributed by atoms with Gasteiger partial charge in [0.05, 0.1) is 33.2 Å². The molecule has 162 valence electrons. The SMILES string of the molecule is C[Si](C)(C)c1ccc(-c2cccc(-c3nc(-c4ccccc4)ccc3[Si](C)(C)C)c2)nc1. The average molecular weight is 453 g/mol. The van der Waals surface area contributed by atoms with Gasteiger partial charge in [0.1, 0.15) is 0 Å². The van der Waals surface area contributed by atoms with E-state index in [9.17, 15) is 0 Å². The first-order valence-electron chi connectivity index (χ1n) is 11.3. The lowest BCUT2D eigenvalue weighted by atomic mass is 10.0. The number of nitrogens with zero attached hydrogens (tertiary/aromatic N) is 2. The lowest BCUT2D eigenvalue weighted by Crippen LogP contribution is -2.39. The molecule has 2 heterocycles. The van der Waals surface area contributed by atoms with E-state index in [0.717, 1.165) is 33.8 Å². The summed E-state index contributed by atoms with van der Waals surface area (Å²) < 4.78 is 0. The number of hydrogen-bond donors (Lipinski definition) is 0. The molecule has 0 amide bonds. The highest BCUT2D eigenvalue weighted by atomic mass is 28.3. The quantitative estimate of drug-likeness (QED) is 0.320. The number of aromatic nitrogens is 2. The van der Waals surface area contributed by atoms with Gasteiger partial charge in [-0.05, 0) is 28.6 Å². The van der Waals surface area contributed by atoms with Crippen molar-refractivity contribution in [2.75, 3.05) is 0 Å². The molecule has 32 heavy (non-hydrogen) atoms. The van der Waals surface area contributed by atoms with Crippen LogP contribution in [-0.2, 0) is 0 Å². The van der Waals surface area contributed by atoms with Crippen LogP contribution in [0.25, 0.3) is 33.8 Å². The van der Waals surface area contributed by atoms with E-state index in [-0.39, 0.29) is 0 Å². The van der Waals surface area contributed by atoms with Crippen molar-refractivity contribution in [1.82, 2.24) is 9.97 Å². The minimum absolute atomic E-state index is 1.02. The van der Waals surface area contributed by atoms with Gasteiger partial charge in [-0.25, -0.2) is 4.98 Å². The fraction of sp³-hybridized carbons (Fsp3) is 0.214. The van der Waals surface area contributed by atoms with Gasteiger partial charge in [-0.2, -0.15) is 0 Å². The van der Waals surface area contributed by atoms with Crippen molar-refractivity contribution in [1.29, 1.82) is 0 Å². The molecule has 0 bridgehead atoms. The lowest BCUT2D eigenvalue weighted by Gasteiger charge is -2.21. The van der Waals surface area contributed by atoms with Crippen LogP contribution in [0, 0.1) is 0 Å². The van der Waals surface area contributed by atoms with Crippen LogP contribution >= 0.6 is 0 Å². The second-order valence-electron chi connectivity index (χ2n) is 10.5. The summed E-state index contributed by atoms with van der Waals surface area (Å²) >= 11 is 0. The van der Waals surface area contributed by atoms with Crippen molar-refractivity contribution in [2.45, 2.75) is 39.3 Å². The van der Waals surface area contributed by atoms with Gasteiger partial charge in [0.25, 0.3) is 0 Å². The van der Waals surface area contributed by atoms with Crippen molar-refractivity contribution < 1.29 is 0 Å². The number of hydrogen-bond acceptors (Lipinski definition) is 2. The van der Waals surface area contributed by atoms with E-state index in [1.54, 1.807) is 0 Å². The summed E-state index contributed by atoms with van der Waals surface area (Å²) in [5, 5.41) is 2.77. The minimum atomic E-state index is -1.58. The molecule has 0 atom stereocenters. The maximum absolute atomic E-state index is 5.18. The Morgan fingerprint density at radius 2 is 1.22 bits per heavy atom. The van der Waals surface area contributed by atoms with Crippen LogP contribution in [0.5, 0.6) is 0 Å². The molecule has 0 aliphatic heterocycles. The fourth-order valence-electron chi connectivity index (χ4n) is 3.89. The van der Waals surface area contributed by atoms with Crippen molar-refractivity contribution in [3.63, 3.8) is 0 Å². The highest BCUT2D eigenvalue weighted by molar-refractivity contribution is 6.89. The minimum Gasteiger partial charge on any atom is -0.256 e. The summed E-state index contributed by atoms with van der Waals surface area (Å²) in [6.07, 6.45) is 2.07. The predicted molar refractivity (Wildman–Crippen MR) is 144 cm³/mol. The number of rotatable bonds is 5. The standard InChI is InChI=1S/C28H32N2Si2/c1-31(2,3)24-15-16-25(29-20-24)22-13-10-14-23(19-22)28-27(32(4,5)6)18-17-26(30-28)21-11-8-7-9-12-21/h7-20H,1-6H3. The maximum Gasteiger partial charge on any atom is 0.0804 e. The van der Waals surface area contributed by atoms with Crippen molar-refractivity contribution in [3.05, 3.63) is 85.1 Å². The third-order valence-electron chi connectivity index (χ3n) is 5.83. The first kappa shape index (κ1) is 22.4. The molecule has 4 aromatic rings. The second kappa shape index (κ2) is 8.60. The van der Waals surface area contributed by atoms with E-state index in [4.69, 9.17) is 9.97 Å². The molecule has 2 aromatic heterocycles. The molecule has 0 unspecified atom stereocenters. The molecule has 4 heteroatoms. The molecule has 0 aliphatic carbocycles.